The highest BCUT2D eigenvalue weighted by molar-refractivity contribution is 6.83. The standard InChI is InChI=1S/C28H50Si4/c1-29(2,3)21-23-13-17-25(18-14-23)27(31(7,8)9)28(32(10,11)12)26-19-15-24(16-20-26)22-30(4,5)6/h13-20,27-28H,21-22H2,1-12H3/t27-,28-/m1/s1. The lowest BCUT2D eigenvalue weighted by atomic mass is 10.0. The molecule has 0 aliphatic rings. The van der Waals surface area contributed by atoms with E-state index in [0.29, 0.717) is 11.1 Å². The van der Waals surface area contributed by atoms with Crippen LogP contribution in [0.15, 0.2) is 48.5 Å². The first-order valence-electron chi connectivity index (χ1n) is 12.5. The van der Waals surface area contributed by atoms with Crippen LogP contribution >= 0.6 is 0 Å². The summed E-state index contributed by atoms with van der Waals surface area (Å²) in [5.74, 6) is 0. The van der Waals surface area contributed by atoms with Crippen LogP contribution in [0.3, 0.4) is 0 Å². The molecule has 0 radical (unpaired) electrons. The summed E-state index contributed by atoms with van der Waals surface area (Å²) in [5.41, 5.74) is 7.56. The third kappa shape index (κ3) is 8.26. The minimum absolute atomic E-state index is 0.665. The van der Waals surface area contributed by atoms with Gasteiger partial charge in [-0.15, -0.1) is 0 Å². The fourth-order valence-corrected chi connectivity index (χ4v) is 16.0. The lowest BCUT2D eigenvalue weighted by Gasteiger charge is -2.43. The highest BCUT2D eigenvalue weighted by Crippen LogP contribution is 2.45. The molecule has 32 heavy (non-hydrogen) atoms. The van der Waals surface area contributed by atoms with E-state index in [1.165, 1.54) is 23.2 Å². The second-order valence-electron chi connectivity index (χ2n) is 14.6. The van der Waals surface area contributed by atoms with E-state index < -0.39 is 32.3 Å². The molecule has 0 aromatic heterocycles. The zero-order chi connectivity index (χ0) is 24.5. The van der Waals surface area contributed by atoms with E-state index in [1.807, 2.05) is 0 Å². The molecule has 4 heteroatoms. The molecular formula is C28H50Si4. The van der Waals surface area contributed by atoms with Crippen LogP contribution in [0.5, 0.6) is 0 Å². The molecule has 0 nitrogen and oxygen atoms in total. The Morgan fingerprint density at radius 2 is 0.688 bits per heavy atom. The summed E-state index contributed by atoms with van der Waals surface area (Å²) in [5, 5.41) is 0. The van der Waals surface area contributed by atoms with Crippen LogP contribution in [0.25, 0.3) is 0 Å². The summed E-state index contributed by atoms with van der Waals surface area (Å²) in [4.78, 5) is 0. The van der Waals surface area contributed by atoms with Crippen LogP contribution < -0.4 is 0 Å². The maximum absolute atomic E-state index is 2.58. The van der Waals surface area contributed by atoms with Gasteiger partial charge in [-0.1, -0.05) is 138 Å². The van der Waals surface area contributed by atoms with Gasteiger partial charge in [0.25, 0.3) is 0 Å². The maximum atomic E-state index is 2.58. The van der Waals surface area contributed by atoms with Crippen molar-refractivity contribution in [2.75, 3.05) is 0 Å². The average molecular weight is 499 g/mol. The molecule has 178 valence electrons. The second-order valence-corrected chi connectivity index (χ2v) is 36.3. The first-order chi connectivity index (χ1) is 14.4. The van der Waals surface area contributed by atoms with Crippen LogP contribution in [-0.2, 0) is 12.1 Å². The van der Waals surface area contributed by atoms with E-state index in [0.717, 1.165) is 0 Å². The number of hydrogen-bond acceptors (Lipinski definition) is 0. The number of hydrogen-bond donors (Lipinski definition) is 0. The molecule has 0 bridgehead atoms. The van der Waals surface area contributed by atoms with Gasteiger partial charge in [0.05, 0.1) is 16.1 Å². The molecular weight excluding hydrogens is 449 g/mol. The van der Waals surface area contributed by atoms with Crippen molar-refractivity contribution >= 4 is 32.3 Å². The smallest absolute Gasteiger partial charge is 0.0525 e. The summed E-state index contributed by atoms with van der Waals surface area (Å²) in [6, 6.07) is 22.3. The van der Waals surface area contributed by atoms with Crippen LogP contribution in [0.4, 0.5) is 0 Å². The van der Waals surface area contributed by atoms with Gasteiger partial charge in [0.15, 0.2) is 0 Å². The Labute approximate surface area is 204 Å². The third-order valence-corrected chi connectivity index (χ3v) is 14.7. The van der Waals surface area contributed by atoms with Gasteiger partial charge >= 0.3 is 0 Å². The van der Waals surface area contributed by atoms with Gasteiger partial charge in [-0.25, -0.2) is 0 Å². The van der Waals surface area contributed by atoms with Crippen molar-refractivity contribution in [3.8, 4) is 0 Å². The SMILES string of the molecule is C[Si](C)(C)Cc1ccc([C@H]([C@@H](c2ccc(C[Si](C)(C)C)cc2)[Si](C)(C)C)[Si](C)(C)C)cc1. The Morgan fingerprint density at radius 3 is 0.875 bits per heavy atom. The lowest BCUT2D eigenvalue weighted by Crippen LogP contribution is -2.45. The normalized spacial score (nSPS) is 15.5. The van der Waals surface area contributed by atoms with Gasteiger partial charge in [0.1, 0.15) is 0 Å². The largest absolute Gasteiger partial charge is 0.0693 e. The summed E-state index contributed by atoms with van der Waals surface area (Å²) in [7, 11) is -5.07. The second kappa shape index (κ2) is 9.89. The molecule has 0 spiro atoms. The van der Waals surface area contributed by atoms with Crippen LogP contribution in [0, 0.1) is 0 Å². The van der Waals surface area contributed by atoms with Crippen LogP contribution in [0.2, 0.25) is 78.6 Å². The van der Waals surface area contributed by atoms with E-state index in [-0.39, 0.29) is 0 Å². The Morgan fingerprint density at radius 1 is 0.438 bits per heavy atom. The van der Waals surface area contributed by atoms with Crippen LogP contribution in [0.1, 0.15) is 33.3 Å². The van der Waals surface area contributed by atoms with Gasteiger partial charge in [0.2, 0.25) is 0 Å². The lowest BCUT2D eigenvalue weighted by molar-refractivity contribution is 0.808. The minimum atomic E-state index is -1.45. The molecule has 0 aliphatic carbocycles. The topological polar surface area (TPSA) is 0 Å². The quantitative estimate of drug-likeness (QED) is 0.302. The third-order valence-electron chi connectivity index (χ3n) is 6.35. The van der Waals surface area contributed by atoms with Crippen molar-refractivity contribution in [3.63, 3.8) is 0 Å². The Kier molecular flexibility index (Phi) is 8.51. The monoisotopic (exact) mass is 498 g/mol. The maximum Gasteiger partial charge on any atom is 0.0525 e. The summed E-state index contributed by atoms with van der Waals surface area (Å²) < 4.78 is 0. The summed E-state index contributed by atoms with van der Waals surface area (Å²) in [6.07, 6.45) is 0. The molecule has 0 amide bonds. The molecule has 0 heterocycles. The van der Waals surface area contributed by atoms with Crippen molar-refractivity contribution < 1.29 is 0 Å². The van der Waals surface area contributed by atoms with Gasteiger partial charge in [-0.3, -0.25) is 0 Å². The van der Waals surface area contributed by atoms with Crippen molar-refractivity contribution in [1.29, 1.82) is 0 Å². The molecule has 2 aromatic rings. The van der Waals surface area contributed by atoms with Crippen molar-refractivity contribution in [2.24, 2.45) is 0 Å². The molecule has 2 aromatic carbocycles. The first kappa shape index (κ1) is 27.6. The zero-order valence-electron chi connectivity index (χ0n) is 23.2. The van der Waals surface area contributed by atoms with E-state index >= 15 is 0 Å². The Balaban J connectivity index is 2.49. The number of benzene rings is 2. The van der Waals surface area contributed by atoms with Gasteiger partial charge in [-0.05, 0) is 34.3 Å². The highest BCUT2D eigenvalue weighted by atomic mass is 28.3. The van der Waals surface area contributed by atoms with Gasteiger partial charge in [-0.2, -0.15) is 0 Å². The fourth-order valence-electron chi connectivity index (χ4n) is 5.30. The van der Waals surface area contributed by atoms with E-state index in [2.05, 4.69) is 127 Å². The van der Waals surface area contributed by atoms with Crippen LogP contribution in [-0.4, -0.2) is 32.3 Å². The van der Waals surface area contributed by atoms with E-state index in [9.17, 15) is 0 Å². The van der Waals surface area contributed by atoms with Crippen molar-refractivity contribution in [1.82, 2.24) is 0 Å². The molecule has 2 rings (SSSR count). The predicted octanol–water partition coefficient (Wildman–Crippen LogP) is 9.15. The molecule has 2 atom stereocenters. The fraction of sp³-hybridized carbons (Fsp3) is 0.571. The predicted molar refractivity (Wildman–Crippen MR) is 159 cm³/mol. The Bertz CT molecular complexity index is 779. The number of rotatable bonds is 9. The minimum Gasteiger partial charge on any atom is -0.0693 e. The van der Waals surface area contributed by atoms with Crippen molar-refractivity contribution in [3.05, 3.63) is 70.8 Å². The highest BCUT2D eigenvalue weighted by Gasteiger charge is 2.42. The van der Waals surface area contributed by atoms with Gasteiger partial charge in [0, 0.05) is 16.1 Å². The van der Waals surface area contributed by atoms with E-state index in [1.54, 1.807) is 11.1 Å². The molecule has 0 saturated heterocycles. The molecule has 0 unspecified atom stereocenters. The first-order valence-corrected chi connectivity index (χ1v) is 27.1. The summed E-state index contributed by atoms with van der Waals surface area (Å²) >= 11 is 0. The molecule has 0 saturated carbocycles. The van der Waals surface area contributed by atoms with Crippen molar-refractivity contribution in [2.45, 2.75) is 102 Å². The Hall–Kier alpha value is -0.692. The zero-order valence-corrected chi connectivity index (χ0v) is 27.2. The van der Waals surface area contributed by atoms with Gasteiger partial charge < -0.3 is 0 Å². The molecule has 0 fully saturated rings. The van der Waals surface area contributed by atoms with E-state index in [4.69, 9.17) is 0 Å². The molecule has 0 aliphatic heterocycles. The average Bonchev–Trinajstić information content (AvgIpc) is 2.57. The molecule has 0 N–H and O–H groups in total. The summed E-state index contributed by atoms with van der Waals surface area (Å²) in [6.45, 7) is 30.3.